The van der Waals surface area contributed by atoms with Crippen LogP contribution in [-0.2, 0) is 14.8 Å². The minimum absolute atomic E-state index is 0.00755. The van der Waals surface area contributed by atoms with E-state index in [2.05, 4.69) is 10.9 Å². The maximum absolute atomic E-state index is 12.8. The van der Waals surface area contributed by atoms with Crippen molar-refractivity contribution in [3.8, 4) is 0 Å². The summed E-state index contributed by atoms with van der Waals surface area (Å²) in [4.78, 5) is 12.7. The van der Waals surface area contributed by atoms with Crippen LogP contribution >= 0.6 is 0 Å². The number of nitrogens with one attached hydrogen (secondary N) is 2. The Hall–Kier alpha value is -2.38. The first-order chi connectivity index (χ1) is 13.4. The highest BCUT2D eigenvalue weighted by atomic mass is 32.2. The molecule has 0 spiro atoms. The summed E-state index contributed by atoms with van der Waals surface area (Å²) in [6.07, 6.45) is 1.89. The van der Waals surface area contributed by atoms with Gasteiger partial charge in [0, 0.05) is 19.5 Å². The van der Waals surface area contributed by atoms with Crippen LogP contribution in [0.4, 0.5) is 5.69 Å². The van der Waals surface area contributed by atoms with E-state index < -0.39 is 10.0 Å². The number of hydrazine groups is 1. The fourth-order valence-electron chi connectivity index (χ4n) is 3.56. The van der Waals surface area contributed by atoms with Crippen LogP contribution in [-0.4, -0.2) is 31.7 Å². The Balaban J connectivity index is 1.56. The van der Waals surface area contributed by atoms with Crippen LogP contribution in [0.25, 0.3) is 0 Å². The lowest BCUT2D eigenvalue weighted by Gasteiger charge is -2.31. The van der Waals surface area contributed by atoms with Crippen molar-refractivity contribution in [3.63, 3.8) is 0 Å². The molecule has 0 bridgehead atoms. The van der Waals surface area contributed by atoms with Gasteiger partial charge in [0.1, 0.15) is 0 Å². The van der Waals surface area contributed by atoms with Crippen molar-refractivity contribution in [1.29, 1.82) is 0 Å². The van der Waals surface area contributed by atoms with E-state index in [1.165, 1.54) is 4.31 Å². The van der Waals surface area contributed by atoms with Crippen LogP contribution in [0.15, 0.2) is 53.4 Å². The number of benzene rings is 2. The lowest BCUT2D eigenvalue weighted by atomic mass is 9.96. The molecule has 28 heavy (non-hydrogen) atoms. The van der Waals surface area contributed by atoms with Gasteiger partial charge >= 0.3 is 0 Å². The van der Waals surface area contributed by atoms with Gasteiger partial charge in [0.25, 0.3) is 0 Å². The lowest BCUT2D eigenvalue weighted by Crippen LogP contribution is -2.41. The van der Waals surface area contributed by atoms with E-state index in [-0.39, 0.29) is 11.8 Å². The van der Waals surface area contributed by atoms with Crippen molar-refractivity contribution in [2.75, 3.05) is 18.5 Å². The molecule has 1 fully saturated rings. The number of sulfonamides is 1. The van der Waals surface area contributed by atoms with Crippen molar-refractivity contribution in [1.82, 2.24) is 9.73 Å². The monoisotopic (exact) mass is 401 g/mol. The third-order valence-corrected chi connectivity index (χ3v) is 6.93. The van der Waals surface area contributed by atoms with Crippen LogP contribution in [0.5, 0.6) is 0 Å². The van der Waals surface area contributed by atoms with Gasteiger partial charge in [-0.15, -0.1) is 0 Å². The third-order valence-electron chi connectivity index (χ3n) is 5.06. The Kier molecular flexibility index (Phi) is 6.36. The van der Waals surface area contributed by atoms with E-state index in [9.17, 15) is 13.2 Å². The standard InChI is InChI=1S/C21H27N3O3S/c1-16-10-11-20(17(2)13-16)22-23-21(25)14-18-7-6-12-24(15-18)28(26,27)19-8-4-3-5-9-19/h3-5,8-11,13,18,22H,6-7,12,14-15H2,1-2H3,(H,23,25). The molecule has 3 rings (SSSR count). The molecule has 1 saturated heterocycles. The Labute approximate surface area is 167 Å². The molecule has 150 valence electrons. The quantitative estimate of drug-likeness (QED) is 0.729. The minimum Gasteiger partial charge on any atom is -0.298 e. The molecule has 1 amide bonds. The van der Waals surface area contributed by atoms with Gasteiger partial charge in [-0.05, 0) is 56.4 Å². The van der Waals surface area contributed by atoms with E-state index in [0.717, 1.165) is 29.7 Å². The van der Waals surface area contributed by atoms with Gasteiger partial charge in [-0.3, -0.25) is 15.6 Å². The summed E-state index contributed by atoms with van der Waals surface area (Å²) in [5, 5.41) is 0. The topological polar surface area (TPSA) is 78.5 Å². The number of anilines is 1. The first-order valence-electron chi connectivity index (χ1n) is 9.53. The van der Waals surface area contributed by atoms with E-state index in [1.54, 1.807) is 30.3 Å². The predicted octanol–water partition coefficient (Wildman–Crippen LogP) is 3.24. The van der Waals surface area contributed by atoms with Crippen LogP contribution in [0.2, 0.25) is 0 Å². The van der Waals surface area contributed by atoms with E-state index in [1.807, 2.05) is 32.0 Å². The molecule has 0 aliphatic carbocycles. The molecule has 1 unspecified atom stereocenters. The molecule has 7 heteroatoms. The van der Waals surface area contributed by atoms with Gasteiger partial charge in [0.2, 0.25) is 15.9 Å². The Morgan fingerprint density at radius 3 is 2.61 bits per heavy atom. The zero-order valence-corrected chi connectivity index (χ0v) is 17.1. The number of hydrogen-bond acceptors (Lipinski definition) is 4. The fraction of sp³-hybridized carbons (Fsp3) is 0.381. The molecular weight excluding hydrogens is 374 g/mol. The first kappa shape index (κ1) is 20.4. The van der Waals surface area contributed by atoms with Crippen LogP contribution < -0.4 is 10.9 Å². The van der Waals surface area contributed by atoms with Crippen molar-refractivity contribution < 1.29 is 13.2 Å². The molecular formula is C21H27N3O3S. The molecule has 6 nitrogen and oxygen atoms in total. The molecule has 1 heterocycles. The van der Waals surface area contributed by atoms with E-state index in [0.29, 0.717) is 24.4 Å². The number of carbonyl (C=O) groups excluding carboxylic acids is 1. The Morgan fingerprint density at radius 2 is 1.89 bits per heavy atom. The summed E-state index contributed by atoms with van der Waals surface area (Å²) in [7, 11) is -3.51. The zero-order chi connectivity index (χ0) is 20.1. The van der Waals surface area contributed by atoms with Gasteiger partial charge in [-0.25, -0.2) is 8.42 Å². The number of aryl methyl sites for hydroxylation is 2. The van der Waals surface area contributed by atoms with Crippen molar-refractivity contribution >= 4 is 21.6 Å². The Bertz CT molecular complexity index is 929. The highest BCUT2D eigenvalue weighted by Gasteiger charge is 2.31. The Morgan fingerprint density at radius 1 is 1.14 bits per heavy atom. The summed E-state index contributed by atoms with van der Waals surface area (Å²) in [5.74, 6) is -0.128. The van der Waals surface area contributed by atoms with Gasteiger partial charge in [-0.1, -0.05) is 35.9 Å². The van der Waals surface area contributed by atoms with E-state index in [4.69, 9.17) is 0 Å². The summed E-state index contributed by atoms with van der Waals surface area (Å²) in [5.41, 5.74) is 8.77. The average molecular weight is 402 g/mol. The second-order valence-electron chi connectivity index (χ2n) is 7.38. The largest absolute Gasteiger partial charge is 0.298 e. The van der Waals surface area contributed by atoms with Gasteiger partial charge < -0.3 is 0 Å². The molecule has 1 aliphatic heterocycles. The number of amides is 1. The fourth-order valence-corrected chi connectivity index (χ4v) is 5.13. The van der Waals surface area contributed by atoms with Crippen LogP contribution in [0.1, 0.15) is 30.4 Å². The van der Waals surface area contributed by atoms with Gasteiger partial charge in [-0.2, -0.15) is 4.31 Å². The van der Waals surface area contributed by atoms with Gasteiger partial charge in [0.15, 0.2) is 0 Å². The predicted molar refractivity (Wildman–Crippen MR) is 110 cm³/mol. The summed E-state index contributed by atoms with van der Waals surface area (Å²) in [6, 6.07) is 14.4. The molecule has 2 N–H and O–H groups in total. The maximum Gasteiger partial charge on any atom is 0.243 e. The number of nitrogens with zero attached hydrogens (tertiary/aromatic N) is 1. The van der Waals surface area contributed by atoms with Gasteiger partial charge in [0.05, 0.1) is 10.6 Å². The number of hydrogen-bond donors (Lipinski definition) is 2. The molecule has 2 aromatic carbocycles. The van der Waals surface area contributed by atoms with Crippen molar-refractivity contribution in [2.24, 2.45) is 5.92 Å². The molecule has 1 atom stereocenters. The second-order valence-corrected chi connectivity index (χ2v) is 9.32. The van der Waals surface area contributed by atoms with Crippen LogP contribution in [0.3, 0.4) is 0 Å². The molecule has 1 aliphatic rings. The SMILES string of the molecule is Cc1ccc(NNC(=O)CC2CCCN(S(=O)(=O)c3ccccc3)C2)c(C)c1. The minimum atomic E-state index is -3.51. The smallest absolute Gasteiger partial charge is 0.243 e. The zero-order valence-electron chi connectivity index (χ0n) is 16.3. The third kappa shape index (κ3) is 4.91. The number of rotatable bonds is 6. The molecule has 2 aromatic rings. The lowest BCUT2D eigenvalue weighted by molar-refractivity contribution is -0.121. The first-order valence-corrected chi connectivity index (χ1v) is 11.0. The maximum atomic E-state index is 12.8. The molecule has 0 radical (unpaired) electrons. The number of piperidine rings is 1. The van der Waals surface area contributed by atoms with Crippen molar-refractivity contribution in [3.05, 3.63) is 59.7 Å². The molecule has 0 saturated carbocycles. The second kappa shape index (κ2) is 8.75. The highest BCUT2D eigenvalue weighted by molar-refractivity contribution is 7.89. The van der Waals surface area contributed by atoms with E-state index >= 15 is 0 Å². The summed E-state index contributed by atoms with van der Waals surface area (Å²) in [6.45, 7) is 4.87. The summed E-state index contributed by atoms with van der Waals surface area (Å²) < 4.78 is 27.1. The highest BCUT2D eigenvalue weighted by Crippen LogP contribution is 2.25. The normalized spacial score (nSPS) is 17.9. The number of carbonyl (C=O) groups is 1. The van der Waals surface area contributed by atoms with Crippen molar-refractivity contribution in [2.45, 2.75) is 38.0 Å². The molecule has 0 aromatic heterocycles. The van der Waals surface area contributed by atoms with Crippen LogP contribution in [0, 0.1) is 19.8 Å². The summed E-state index contributed by atoms with van der Waals surface area (Å²) >= 11 is 0. The average Bonchev–Trinajstić information content (AvgIpc) is 2.68.